The van der Waals surface area contributed by atoms with Gasteiger partial charge in [-0.1, -0.05) is 30.1 Å². The van der Waals surface area contributed by atoms with Crippen LogP contribution in [0.15, 0.2) is 47.7 Å². The number of aromatic hydroxyl groups is 1. The minimum Gasteiger partial charge on any atom is -0.508 e. The van der Waals surface area contributed by atoms with Crippen molar-refractivity contribution >= 4 is 23.4 Å². The average molecular weight is 691 g/mol. The molecule has 3 N–H and O–H groups in total. The Balaban J connectivity index is 1.71. The summed E-state index contributed by atoms with van der Waals surface area (Å²) in [5.41, 5.74) is 2.45. The van der Waals surface area contributed by atoms with Crippen molar-refractivity contribution < 1.29 is 43.9 Å². The molecule has 266 valence electrons. The second kappa shape index (κ2) is 17.2. The van der Waals surface area contributed by atoms with Crippen LogP contribution in [0, 0.1) is 17.8 Å². The highest BCUT2D eigenvalue weighted by atomic mass is 35.5. The van der Waals surface area contributed by atoms with Crippen molar-refractivity contribution in [2.24, 2.45) is 22.9 Å². The van der Waals surface area contributed by atoms with Crippen LogP contribution in [0.3, 0.4) is 0 Å². The van der Waals surface area contributed by atoms with Crippen molar-refractivity contribution in [3.05, 3.63) is 48.1 Å². The summed E-state index contributed by atoms with van der Waals surface area (Å²) in [6.07, 6.45) is 10.5. The lowest BCUT2D eigenvalue weighted by Gasteiger charge is -2.59. The van der Waals surface area contributed by atoms with Crippen LogP contribution in [-0.4, -0.2) is 96.1 Å². The number of carbonyl (C=O) groups is 1. The third kappa shape index (κ3) is 7.81. The number of ether oxygens (including phenoxy) is 4. The number of allylic oxidation sites excluding steroid dienone is 1. The van der Waals surface area contributed by atoms with Crippen LogP contribution in [0.4, 0.5) is 4.79 Å². The number of phenols is 1. The smallest absolute Gasteiger partial charge is 0.410 e. The molecule has 0 spiro atoms. The van der Waals surface area contributed by atoms with E-state index >= 15 is 0 Å². The lowest BCUT2D eigenvalue weighted by Crippen LogP contribution is -2.69. The molecule has 1 saturated heterocycles. The molecule has 12 heteroatoms. The molecule has 0 radical (unpaired) electrons. The molecule has 1 saturated carbocycles. The van der Waals surface area contributed by atoms with Crippen molar-refractivity contribution in [1.82, 2.24) is 4.90 Å². The van der Waals surface area contributed by atoms with E-state index < -0.39 is 30.1 Å². The quantitative estimate of drug-likeness (QED) is 0.0843. The van der Waals surface area contributed by atoms with Gasteiger partial charge in [-0.05, 0) is 74.1 Å². The van der Waals surface area contributed by atoms with Crippen molar-refractivity contribution in [2.45, 2.75) is 88.2 Å². The highest BCUT2D eigenvalue weighted by Crippen LogP contribution is 2.61. The van der Waals surface area contributed by atoms with Gasteiger partial charge in [0.2, 0.25) is 12.1 Å². The van der Waals surface area contributed by atoms with E-state index in [4.69, 9.17) is 40.5 Å². The summed E-state index contributed by atoms with van der Waals surface area (Å²) in [6, 6.07) is 4.43. The second-order valence-corrected chi connectivity index (χ2v) is 13.5. The van der Waals surface area contributed by atoms with Gasteiger partial charge in [0.25, 0.3) is 0 Å². The first-order valence-electron chi connectivity index (χ1n) is 17.4. The monoisotopic (exact) mass is 690 g/mol. The standard InChI is InChI=1S/C36H51ClN2O9/c1-3-18-46-36-31(39(2)35(43)45-20-15-37)23-29(38-48-32-12-6-9-19-44-32)27-21-24(10-4-7-16-40)26(11-5-8-17-41)33(34(27)36)28-22-25(42)13-14-30(28)47-36/h3,13-14,21-22,24,26,31-34,40-42H,1,4-12,15-20,23H2,2H3/t24-,26+,31-,32?,33+,34+,36+/m0/s1. The fourth-order valence-corrected chi connectivity index (χ4v) is 8.09. The molecule has 1 amide bonds. The van der Waals surface area contributed by atoms with Crippen molar-refractivity contribution in [3.63, 3.8) is 0 Å². The van der Waals surface area contributed by atoms with Crippen LogP contribution in [0.5, 0.6) is 11.5 Å². The van der Waals surface area contributed by atoms with Crippen LogP contribution in [-0.2, 0) is 19.0 Å². The van der Waals surface area contributed by atoms with Crippen molar-refractivity contribution in [3.8, 4) is 11.5 Å². The van der Waals surface area contributed by atoms with Gasteiger partial charge in [0.05, 0.1) is 30.7 Å². The van der Waals surface area contributed by atoms with E-state index in [0.29, 0.717) is 30.9 Å². The Morgan fingerprint density at radius 1 is 1.19 bits per heavy atom. The average Bonchev–Trinajstić information content (AvgIpc) is 3.10. The van der Waals surface area contributed by atoms with Gasteiger partial charge in [0.1, 0.15) is 24.1 Å². The minimum absolute atomic E-state index is 0.0453. The molecule has 0 bridgehead atoms. The molecule has 5 rings (SSSR count). The van der Waals surface area contributed by atoms with E-state index in [1.165, 1.54) is 4.90 Å². The summed E-state index contributed by atoms with van der Waals surface area (Å²) < 4.78 is 25.1. The number of aliphatic hydroxyl groups is 2. The third-order valence-corrected chi connectivity index (χ3v) is 10.3. The number of hydrogen-bond donors (Lipinski definition) is 3. The van der Waals surface area contributed by atoms with Crippen molar-refractivity contribution in [1.29, 1.82) is 0 Å². The number of nitrogens with zero attached hydrogens (tertiary/aromatic N) is 2. The number of phenolic OH excluding ortho intramolecular Hbond substituents is 1. The number of amides is 1. The second-order valence-electron chi connectivity index (χ2n) is 13.1. The summed E-state index contributed by atoms with van der Waals surface area (Å²) in [5.74, 6) is -1.05. The SMILES string of the molecule is C=CCO[C@@]12Oc3ccc(O)cc3[C@H]3[C@H](CCCCO)[C@@H](CCCCO)C=C(C(=NOC4CCCCO4)C[C@@H]1N(C)C(=O)OCCCl)[C@H]32. The Labute approximate surface area is 288 Å². The number of oxime groups is 1. The van der Waals surface area contributed by atoms with Crippen molar-refractivity contribution in [2.75, 3.05) is 46.0 Å². The number of alkyl halides is 1. The van der Waals surface area contributed by atoms with Crippen LogP contribution < -0.4 is 4.74 Å². The molecule has 1 aromatic carbocycles. The van der Waals surface area contributed by atoms with E-state index in [9.17, 15) is 20.1 Å². The van der Waals surface area contributed by atoms with Gasteiger partial charge in [-0.3, -0.25) is 0 Å². The number of fused-ring (bicyclic) bond motifs is 2. The summed E-state index contributed by atoms with van der Waals surface area (Å²) in [6.45, 7) is 4.93. The Morgan fingerprint density at radius 2 is 1.98 bits per heavy atom. The third-order valence-electron chi connectivity index (χ3n) is 10.1. The topological polar surface area (TPSA) is 140 Å². The van der Waals surface area contributed by atoms with E-state index in [0.717, 1.165) is 56.1 Å². The van der Waals surface area contributed by atoms with Crippen LogP contribution >= 0.6 is 11.6 Å². The molecule has 0 aromatic heterocycles. The van der Waals surface area contributed by atoms with E-state index in [1.807, 2.05) is 0 Å². The van der Waals surface area contributed by atoms with Crippen LogP contribution in [0.1, 0.15) is 75.7 Å². The maximum absolute atomic E-state index is 13.5. The van der Waals surface area contributed by atoms with Crippen LogP contribution in [0.25, 0.3) is 0 Å². The zero-order valence-corrected chi connectivity index (χ0v) is 28.7. The summed E-state index contributed by atoms with van der Waals surface area (Å²) in [4.78, 5) is 21.1. The summed E-state index contributed by atoms with van der Waals surface area (Å²) in [7, 11) is 1.67. The molecule has 1 unspecified atom stereocenters. The highest BCUT2D eigenvalue weighted by molar-refractivity contribution is 6.18. The number of halogens is 1. The van der Waals surface area contributed by atoms with E-state index in [2.05, 4.69) is 12.7 Å². The Bertz CT molecular complexity index is 1300. The first-order valence-corrected chi connectivity index (χ1v) is 17.9. The Kier molecular flexibility index (Phi) is 13.1. The maximum Gasteiger partial charge on any atom is 0.410 e. The predicted molar refractivity (Wildman–Crippen MR) is 181 cm³/mol. The van der Waals surface area contributed by atoms with Gasteiger partial charge in [0.15, 0.2) is 0 Å². The zero-order chi connectivity index (χ0) is 34.1. The number of hydrogen-bond acceptors (Lipinski definition) is 10. The van der Waals surface area contributed by atoms with Gasteiger partial charge >= 0.3 is 6.09 Å². The molecular formula is C36H51ClN2O9. The number of benzene rings is 1. The summed E-state index contributed by atoms with van der Waals surface area (Å²) >= 11 is 5.88. The molecule has 4 aliphatic rings. The van der Waals surface area contributed by atoms with E-state index in [-0.39, 0.29) is 62.2 Å². The fourth-order valence-electron chi connectivity index (χ4n) is 8.01. The first-order chi connectivity index (χ1) is 23.4. The largest absolute Gasteiger partial charge is 0.508 e. The number of rotatable bonds is 16. The Hall–Kier alpha value is -2.83. The fraction of sp³-hybridized carbons (Fsp3) is 0.667. The van der Waals surface area contributed by atoms with Gasteiger partial charge in [0, 0.05) is 44.6 Å². The molecule has 48 heavy (non-hydrogen) atoms. The molecule has 2 aliphatic carbocycles. The maximum atomic E-state index is 13.5. The minimum atomic E-state index is -1.38. The molecule has 2 heterocycles. The van der Waals surface area contributed by atoms with Crippen LogP contribution in [0.2, 0.25) is 0 Å². The van der Waals surface area contributed by atoms with Gasteiger partial charge in [-0.15, -0.1) is 18.2 Å². The molecule has 1 aromatic rings. The molecule has 2 aliphatic heterocycles. The van der Waals surface area contributed by atoms with E-state index in [1.54, 1.807) is 31.3 Å². The van der Waals surface area contributed by atoms with Gasteiger partial charge < -0.3 is 44.0 Å². The zero-order valence-electron chi connectivity index (χ0n) is 27.9. The molecule has 7 atom stereocenters. The normalized spacial score (nSPS) is 30.0. The molecule has 11 nitrogen and oxygen atoms in total. The molecule has 2 fully saturated rings. The molecular weight excluding hydrogens is 640 g/mol. The summed E-state index contributed by atoms with van der Waals surface area (Å²) in [5, 5.41) is 34.9. The number of likely N-dealkylation sites (N-methyl/N-ethyl adjacent to an activating group) is 1. The Morgan fingerprint density at radius 3 is 2.69 bits per heavy atom. The van der Waals surface area contributed by atoms with Gasteiger partial charge in [-0.2, -0.15) is 0 Å². The number of unbranched alkanes of at least 4 members (excludes halogenated alkanes) is 2. The lowest BCUT2D eigenvalue weighted by molar-refractivity contribution is -0.254. The number of aliphatic hydroxyl groups excluding tert-OH is 2. The number of carbonyl (C=O) groups excluding carboxylic acids is 1. The van der Waals surface area contributed by atoms with Gasteiger partial charge in [-0.25, -0.2) is 4.79 Å². The first kappa shape index (κ1) is 36.5. The lowest BCUT2D eigenvalue weighted by atomic mass is 9.55. The highest BCUT2D eigenvalue weighted by Gasteiger charge is 2.65. The predicted octanol–water partition coefficient (Wildman–Crippen LogP) is 5.86.